The Labute approximate surface area is 390 Å². The summed E-state index contributed by atoms with van der Waals surface area (Å²) in [6.45, 7) is 7.22. The van der Waals surface area contributed by atoms with Gasteiger partial charge in [0, 0.05) is 33.2 Å². The third-order valence-corrected chi connectivity index (χ3v) is 16.4. The van der Waals surface area contributed by atoms with Crippen molar-refractivity contribution in [3.63, 3.8) is 0 Å². The molecule has 1 heteroatoms. The number of fused-ring (bicyclic) bond motifs is 11. The molecule has 1 spiro atoms. The van der Waals surface area contributed by atoms with E-state index in [1.54, 1.807) is 0 Å². The summed E-state index contributed by atoms with van der Waals surface area (Å²) in [6, 6.07) is 78.3. The Kier molecular flexibility index (Phi) is 8.69. The smallest absolute Gasteiger partial charge is 0.0540 e. The molecule has 1 saturated carbocycles. The summed E-state index contributed by atoms with van der Waals surface area (Å²) in [5, 5.41) is 0. The quantitative estimate of drug-likeness (QED) is 0.161. The van der Waals surface area contributed by atoms with Crippen LogP contribution in [-0.2, 0) is 16.2 Å². The Hall–Kier alpha value is -7.22. The highest BCUT2D eigenvalue weighted by Gasteiger charge is 2.45. The van der Waals surface area contributed by atoms with E-state index in [1.807, 2.05) is 0 Å². The monoisotopic (exact) mass is 847 g/mol. The Morgan fingerprint density at radius 1 is 0.348 bits per heavy atom. The van der Waals surface area contributed by atoms with Crippen LogP contribution in [-0.4, -0.2) is 0 Å². The molecule has 0 N–H and O–H groups in total. The molecular formula is C65H53N. The lowest BCUT2D eigenvalue weighted by atomic mass is 9.68. The van der Waals surface area contributed by atoms with Crippen molar-refractivity contribution in [1.29, 1.82) is 0 Å². The minimum Gasteiger partial charge on any atom is -0.310 e. The molecule has 0 aromatic heterocycles. The molecule has 66 heavy (non-hydrogen) atoms. The van der Waals surface area contributed by atoms with Crippen LogP contribution in [0.1, 0.15) is 91.8 Å². The minimum atomic E-state index is -0.250. The van der Waals surface area contributed by atoms with Crippen LogP contribution >= 0.6 is 0 Å². The van der Waals surface area contributed by atoms with Gasteiger partial charge >= 0.3 is 0 Å². The topological polar surface area (TPSA) is 3.24 Å². The maximum Gasteiger partial charge on any atom is 0.0540 e. The SMILES string of the molecule is CC1(C)c2ccccc2-c2cccc(-c3ccccc3N(c3ccc(-c4ccc5c(c4)C(C)(c4ccccc4)c4ccccc4-5)cc3)c3ccc4c(c3)C3(CCCCC3)c3ccccc3-4)c21. The van der Waals surface area contributed by atoms with Gasteiger partial charge in [-0.3, -0.25) is 0 Å². The van der Waals surface area contributed by atoms with E-state index in [4.69, 9.17) is 0 Å². The maximum atomic E-state index is 2.57. The lowest BCUT2D eigenvalue weighted by molar-refractivity contribution is 0.353. The highest BCUT2D eigenvalue weighted by Crippen LogP contribution is 2.59. The van der Waals surface area contributed by atoms with Crippen molar-refractivity contribution < 1.29 is 0 Å². The van der Waals surface area contributed by atoms with Crippen LogP contribution in [0.3, 0.4) is 0 Å². The molecule has 1 unspecified atom stereocenters. The second-order valence-electron chi connectivity index (χ2n) is 20.0. The standard InChI is InChI=1S/C65H53N/c1-63(2)56-27-12-8-23-50(56)54-25-18-26-55(62(54)63)53-24-11-15-30-61(53)66(47-36-38-52-49-22-10-14-29-58(49)65(60(52)42-47)39-16-5-17-40-65)46-34-31-43(32-35-46)44-33-37-51-48-21-9-13-28-57(48)64(3,59(51)41-44)45-19-6-4-7-20-45/h4,6-15,18-38,41-42H,5,16-17,39-40H2,1-3H3. The van der Waals surface area contributed by atoms with Gasteiger partial charge in [-0.1, -0.05) is 203 Å². The van der Waals surface area contributed by atoms with Gasteiger partial charge in [-0.25, -0.2) is 0 Å². The molecule has 0 radical (unpaired) electrons. The molecule has 1 fully saturated rings. The van der Waals surface area contributed by atoms with Crippen LogP contribution in [0.5, 0.6) is 0 Å². The number of para-hydroxylation sites is 1. The molecule has 9 aromatic carbocycles. The van der Waals surface area contributed by atoms with Crippen LogP contribution in [0, 0.1) is 0 Å². The molecule has 4 aliphatic rings. The van der Waals surface area contributed by atoms with Crippen LogP contribution in [0.15, 0.2) is 206 Å². The molecule has 1 atom stereocenters. The molecule has 4 aliphatic carbocycles. The molecule has 13 rings (SSSR count). The Morgan fingerprint density at radius 2 is 0.864 bits per heavy atom. The number of anilines is 3. The summed E-state index contributed by atoms with van der Waals surface area (Å²) in [7, 11) is 0. The van der Waals surface area contributed by atoms with Gasteiger partial charge in [0.05, 0.1) is 5.69 Å². The molecular weight excluding hydrogens is 795 g/mol. The summed E-state index contributed by atoms with van der Waals surface area (Å²) in [5.74, 6) is 0. The van der Waals surface area contributed by atoms with Crippen LogP contribution in [0.4, 0.5) is 17.1 Å². The van der Waals surface area contributed by atoms with Gasteiger partial charge in [-0.2, -0.15) is 0 Å². The second-order valence-corrected chi connectivity index (χ2v) is 20.0. The normalized spacial score (nSPS) is 17.6. The fraction of sp³-hybridized carbons (Fsp3) is 0.169. The van der Waals surface area contributed by atoms with Gasteiger partial charge in [0.2, 0.25) is 0 Å². The Balaban J connectivity index is 0.978. The molecule has 0 aliphatic heterocycles. The number of benzene rings is 9. The van der Waals surface area contributed by atoms with Crippen molar-refractivity contribution >= 4 is 17.1 Å². The highest BCUT2D eigenvalue weighted by molar-refractivity contribution is 5.96. The Bertz CT molecular complexity index is 3380. The summed E-state index contributed by atoms with van der Waals surface area (Å²) < 4.78 is 0. The molecule has 0 bridgehead atoms. The van der Waals surface area contributed by atoms with Crippen molar-refractivity contribution in [3.05, 3.63) is 245 Å². The van der Waals surface area contributed by atoms with E-state index in [1.165, 1.54) is 138 Å². The number of rotatable bonds is 6. The highest BCUT2D eigenvalue weighted by atomic mass is 15.1. The van der Waals surface area contributed by atoms with Crippen molar-refractivity contribution in [1.82, 2.24) is 0 Å². The maximum absolute atomic E-state index is 2.57. The average Bonchev–Trinajstić information content (AvgIpc) is 3.90. The zero-order valence-electron chi connectivity index (χ0n) is 38.1. The molecule has 1 nitrogen and oxygen atoms in total. The first-order valence-electron chi connectivity index (χ1n) is 24.1. The zero-order chi connectivity index (χ0) is 44.2. The van der Waals surface area contributed by atoms with Gasteiger partial charge in [-0.05, 0) is 145 Å². The summed E-state index contributed by atoms with van der Waals surface area (Å²) in [6.07, 6.45) is 6.25. The van der Waals surface area contributed by atoms with E-state index < -0.39 is 0 Å². The molecule has 318 valence electrons. The predicted octanol–water partition coefficient (Wildman–Crippen LogP) is 17.4. The molecule has 0 heterocycles. The number of hydrogen-bond donors (Lipinski definition) is 0. The third-order valence-electron chi connectivity index (χ3n) is 16.4. The Morgan fingerprint density at radius 3 is 1.61 bits per heavy atom. The molecule has 0 saturated heterocycles. The lowest BCUT2D eigenvalue weighted by Gasteiger charge is -2.37. The number of nitrogens with zero attached hydrogens (tertiary/aromatic N) is 1. The van der Waals surface area contributed by atoms with Gasteiger partial charge in [0.25, 0.3) is 0 Å². The average molecular weight is 848 g/mol. The van der Waals surface area contributed by atoms with E-state index >= 15 is 0 Å². The molecule has 0 amide bonds. The second kappa shape index (κ2) is 14.6. The van der Waals surface area contributed by atoms with E-state index in [0.29, 0.717) is 0 Å². The lowest BCUT2D eigenvalue weighted by Crippen LogP contribution is -2.28. The fourth-order valence-corrected chi connectivity index (χ4v) is 13.2. The van der Waals surface area contributed by atoms with Crippen LogP contribution in [0.25, 0.3) is 55.6 Å². The van der Waals surface area contributed by atoms with Crippen molar-refractivity contribution in [2.75, 3.05) is 4.90 Å². The van der Waals surface area contributed by atoms with E-state index in [-0.39, 0.29) is 16.2 Å². The van der Waals surface area contributed by atoms with Crippen molar-refractivity contribution in [3.8, 4) is 55.6 Å². The van der Waals surface area contributed by atoms with Crippen LogP contribution in [0.2, 0.25) is 0 Å². The van der Waals surface area contributed by atoms with Gasteiger partial charge in [0.15, 0.2) is 0 Å². The first-order chi connectivity index (χ1) is 32.4. The van der Waals surface area contributed by atoms with Gasteiger partial charge in [0.1, 0.15) is 0 Å². The third kappa shape index (κ3) is 5.53. The molecule has 9 aromatic rings. The van der Waals surface area contributed by atoms with Crippen molar-refractivity contribution in [2.45, 2.75) is 69.1 Å². The minimum absolute atomic E-state index is 0.0484. The van der Waals surface area contributed by atoms with Crippen LogP contribution < -0.4 is 4.90 Å². The van der Waals surface area contributed by atoms with Crippen molar-refractivity contribution in [2.24, 2.45) is 0 Å². The summed E-state index contributed by atoms with van der Waals surface area (Å²) in [5.41, 5.74) is 26.2. The zero-order valence-corrected chi connectivity index (χ0v) is 38.1. The largest absolute Gasteiger partial charge is 0.310 e. The number of hydrogen-bond acceptors (Lipinski definition) is 1. The fourth-order valence-electron chi connectivity index (χ4n) is 13.2. The van der Waals surface area contributed by atoms with Gasteiger partial charge in [-0.15, -0.1) is 0 Å². The summed E-state index contributed by atoms with van der Waals surface area (Å²) >= 11 is 0. The van der Waals surface area contributed by atoms with E-state index in [9.17, 15) is 0 Å². The first-order valence-corrected chi connectivity index (χ1v) is 24.1. The summed E-state index contributed by atoms with van der Waals surface area (Å²) in [4.78, 5) is 2.55. The van der Waals surface area contributed by atoms with E-state index in [0.717, 1.165) is 5.69 Å². The van der Waals surface area contributed by atoms with Gasteiger partial charge < -0.3 is 4.90 Å². The van der Waals surface area contributed by atoms with E-state index in [2.05, 4.69) is 232 Å². The first kappa shape index (κ1) is 39.2. The predicted molar refractivity (Wildman–Crippen MR) is 276 cm³/mol.